The second-order valence-electron chi connectivity index (χ2n) is 8.72. The molecule has 2 heterocycles. The molecule has 6 nitrogen and oxygen atoms in total. The molecule has 0 amide bonds. The van der Waals surface area contributed by atoms with Gasteiger partial charge in [0.1, 0.15) is 12.4 Å². The average molecular weight is 406 g/mol. The van der Waals surface area contributed by atoms with Gasteiger partial charge in [-0.05, 0) is 63.9 Å². The molecule has 0 saturated carbocycles. The molecule has 0 spiro atoms. The Labute approximate surface area is 176 Å². The molecule has 1 atom stereocenters. The summed E-state index contributed by atoms with van der Waals surface area (Å²) in [7, 11) is 0. The van der Waals surface area contributed by atoms with Crippen LogP contribution in [-0.4, -0.2) is 95.6 Å². The predicted molar refractivity (Wildman–Crippen MR) is 116 cm³/mol. The zero-order chi connectivity index (χ0) is 20.6. The van der Waals surface area contributed by atoms with E-state index >= 15 is 0 Å². The zero-order valence-electron chi connectivity index (χ0n) is 18.2. The number of ether oxygens (including phenoxy) is 1. The Hall–Kier alpha value is -1.18. The average Bonchev–Trinajstić information content (AvgIpc) is 2.73. The topological polar surface area (TPSA) is 59.4 Å². The lowest BCUT2D eigenvalue weighted by atomic mass is 9.97. The van der Waals surface area contributed by atoms with Crippen molar-refractivity contribution in [2.24, 2.45) is 0 Å². The fraction of sp³-hybridized carbons (Fsp3) is 0.739. The van der Waals surface area contributed by atoms with E-state index in [4.69, 9.17) is 9.84 Å². The van der Waals surface area contributed by atoms with Gasteiger partial charge in [0.05, 0.1) is 6.61 Å². The number of benzene rings is 1. The van der Waals surface area contributed by atoms with Gasteiger partial charge in [0.2, 0.25) is 0 Å². The molecule has 0 aliphatic carbocycles. The van der Waals surface area contributed by atoms with Gasteiger partial charge in [0, 0.05) is 50.9 Å². The largest absolute Gasteiger partial charge is 0.491 e. The predicted octanol–water partition coefficient (Wildman–Crippen LogP) is 1.80. The second-order valence-corrected chi connectivity index (χ2v) is 8.72. The fourth-order valence-corrected chi connectivity index (χ4v) is 4.85. The van der Waals surface area contributed by atoms with Crippen molar-refractivity contribution in [3.8, 4) is 5.75 Å². The normalized spacial score (nSPS) is 23.0. The van der Waals surface area contributed by atoms with Gasteiger partial charge in [-0.25, -0.2) is 0 Å². The van der Waals surface area contributed by atoms with E-state index in [0.29, 0.717) is 24.7 Å². The Bertz CT molecular complexity index is 605. The summed E-state index contributed by atoms with van der Waals surface area (Å²) in [6.45, 7) is 11.6. The Morgan fingerprint density at radius 3 is 2.55 bits per heavy atom. The lowest BCUT2D eigenvalue weighted by Gasteiger charge is -2.48. The van der Waals surface area contributed by atoms with Crippen molar-refractivity contribution in [2.75, 3.05) is 52.5 Å². The van der Waals surface area contributed by atoms with Gasteiger partial charge < -0.3 is 19.8 Å². The van der Waals surface area contributed by atoms with E-state index in [1.54, 1.807) is 0 Å². The summed E-state index contributed by atoms with van der Waals surface area (Å²) in [6, 6.07) is 9.89. The molecule has 1 unspecified atom stereocenters. The third-order valence-corrected chi connectivity index (χ3v) is 6.44. The summed E-state index contributed by atoms with van der Waals surface area (Å²) in [5.41, 5.74) is 1.24. The van der Waals surface area contributed by atoms with E-state index in [1.807, 2.05) is 12.1 Å². The van der Waals surface area contributed by atoms with Crippen molar-refractivity contribution in [3.63, 3.8) is 0 Å². The number of piperidine rings is 1. The van der Waals surface area contributed by atoms with Gasteiger partial charge in [-0.2, -0.15) is 0 Å². The first-order valence-electron chi connectivity index (χ1n) is 11.3. The minimum Gasteiger partial charge on any atom is -0.491 e. The highest BCUT2D eigenvalue weighted by molar-refractivity contribution is 5.28. The van der Waals surface area contributed by atoms with Crippen LogP contribution < -0.4 is 4.74 Å². The molecule has 2 aliphatic rings. The highest BCUT2D eigenvalue weighted by atomic mass is 16.5. The number of piperazine rings is 1. The molecular weight excluding hydrogens is 366 g/mol. The minimum absolute atomic E-state index is 0.0329. The molecule has 6 heteroatoms. The van der Waals surface area contributed by atoms with E-state index in [9.17, 15) is 5.11 Å². The van der Waals surface area contributed by atoms with Gasteiger partial charge in [0.15, 0.2) is 0 Å². The number of aliphatic hydroxyl groups is 2. The molecule has 164 valence electrons. The summed E-state index contributed by atoms with van der Waals surface area (Å²) in [5, 5.41) is 18.6. The minimum atomic E-state index is 0.0329. The van der Waals surface area contributed by atoms with Crippen LogP contribution >= 0.6 is 0 Å². The first-order chi connectivity index (χ1) is 14.1. The highest BCUT2D eigenvalue weighted by Crippen LogP contribution is 2.25. The quantitative estimate of drug-likeness (QED) is 0.653. The lowest BCUT2D eigenvalue weighted by Crippen LogP contribution is -2.58. The third-order valence-electron chi connectivity index (χ3n) is 6.44. The maximum Gasteiger partial charge on any atom is 0.119 e. The molecule has 1 aromatic carbocycles. The van der Waals surface area contributed by atoms with Gasteiger partial charge in [-0.3, -0.25) is 9.80 Å². The second kappa shape index (κ2) is 11.3. The summed E-state index contributed by atoms with van der Waals surface area (Å²) < 4.78 is 5.55. The molecule has 2 aliphatic heterocycles. The number of aliphatic hydroxyl groups excluding tert-OH is 2. The summed E-state index contributed by atoms with van der Waals surface area (Å²) >= 11 is 0. The molecule has 0 aromatic heterocycles. The Morgan fingerprint density at radius 2 is 1.86 bits per heavy atom. The summed E-state index contributed by atoms with van der Waals surface area (Å²) in [6.07, 6.45) is 3.33. The van der Waals surface area contributed by atoms with Crippen LogP contribution in [0.4, 0.5) is 0 Å². The highest BCUT2D eigenvalue weighted by Gasteiger charge is 2.33. The standard InChI is InChI=1S/C23H39N3O3/c1-19(2)25-9-6-21(7-10-25)26-12-11-24(18-22(26)8-13-27)17-20-4-3-5-23(16-20)29-15-14-28/h3-5,16,19,21-22,27-28H,6-15,17-18H2,1-2H3. The molecule has 29 heavy (non-hydrogen) atoms. The Morgan fingerprint density at radius 1 is 1.07 bits per heavy atom. The van der Waals surface area contributed by atoms with Crippen molar-refractivity contribution in [1.82, 2.24) is 14.7 Å². The van der Waals surface area contributed by atoms with Crippen LogP contribution in [-0.2, 0) is 6.54 Å². The molecule has 3 rings (SSSR count). The van der Waals surface area contributed by atoms with Crippen LogP contribution in [0.25, 0.3) is 0 Å². The smallest absolute Gasteiger partial charge is 0.119 e. The summed E-state index contributed by atoms with van der Waals surface area (Å²) in [5.74, 6) is 0.819. The monoisotopic (exact) mass is 405 g/mol. The fourth-order valence-electron chi connectivity index (χ4n) is 4.85. The molecular formula is C23H39N3O3. The van der Waals surface area contributed by atoms with Gasteiger partial charge in [-0.15, -0.1) is 0 Å². The molecule has 0 radical (unpaired) electrons. The van der Waals surface area contributed by atoms with Crippen LogP contribution in [0.2, 0.25) is 0 Å². The van der Waals surface area contributed by atoms with Crippen molar-refractivity contribution >= 4 is 0 Å². The Kier molecular flexibility index (Phi) is 8.75. The van der Waals surface area contributed by atoms with Gasteiger partial charge >= 0.3 is 0 Å². The van der Waals surface area contributed by atoms with E-state index in [2.05, 4.69) is 40.7 Å². The van der Waals surface area contributed by atoms with Crippen LogP contribution in [0.15, 0.2) is 24.3 Å². The Balaban J connectivity index is 1.56. The van der Waals surface area contributed by atoms with Gasteiger partial charge in [-0.1, -0.05) is 12.1 Å². The van der Waals surface area contributed by atoms with Crippen molar-refractivity contribution < 1.29 is 14.9 Å². The maximum atomic E-state index is 9.65. The lowest BCUT2D eigenvalue weighted by molar-refractivity contribution is -0.0000439. The number of nitrogens with zero attached hydrogens (tertiary/aromatic N) is 3. The van der Waals surface area contributed by atoms with E-state index < -0.39 is 0 Å². The molecule has 2 fully saturated rings. The third kappa shape index (κ3) is 6.40. The zero-order valence-corrected chi connectivity index (χ0v) is 18.2. The molecule has 2 saturated heterocycles. The van der Waals surface area contributed by atoms with E-state index in [-0.39, 0.29) is 13.2 Å². The van der Waals surface area contributed by atoms with Crippen LogP contribution in [0, 0.1) is 0 Å². The van der Waals surface area contributed by atoms with Crippen LogP contribution in [0.5, 0.6) is 5.75 Å². The van der Waals surface area contributed by atoms with Crippen LogP contribution in [0.1, 0.15) is 38.7 Å². The van der Waals surface area contributed by atoms with Gasteiger partial charge in [0.25, 0.3) is 0 Å². The van der Waals surface area contributed by atoms with E-state index in [1.165, 1.54) is 31.5 Å². The van der Waals surface area contributed by atoms with Crippen molar-refractivity contribution in [3.05, 3.63) is 29.8 Å². The number of likely N-dealkylation sites (tertiary alicyclic amines) is 1. The first kappa shape index (κ1) is 22.5. The van der Waals surface area contributed by atoms with Crippen LogP contribution in [0.3, 0.4) is 0 Å². The number of hydrogen-bond acceptors (Lipinski definition) is 6. The number of hydrogen-bond donors (Lipinski definition) is 2. The molecule has 2 N–H and O–H groups in total. The first-order valence-corrected chi connectivity index (χ1v) is 11.3. The summed E-state index contributed by atoms with van der Waals surface area (Å²) in [4.78, 5) is 7.77. The SMILES string of the molecule is CC(C)N1CCC(N2CCN(Cc3cccc(OCCO)c3)CC2CCO)CC1. The maximum absolute atomic E-state index is 9.65. The molecule has 0 bridgehead atoms. The van der Waals surface area contributed by atoms with Crippen molar-refractivity contribution in [1.29, 1.82) is 0 Å². The van der Waals surface area contributed by atoms with Crippen molar-refractivity contribution in [2.45, 2.75) is 57.8 Å². The van der Waals surface area contributed by atoms with E-state index in [0.717, 1.165) is 38.3 Å². The number of rotatable bonds is 9. The molecule has 1 aromatic rings.